The maximum absolute atomic E-state index is 2.57. The lowest BCUT2D eigenvalue weighted by Gasteiger charge is -2.44. The van der Waals surface area contributed by atoms with Gasteiger partial charge in [-0.05, 0) is 60.8 Å². The van der Waals surface area contributed by atoms with E-state index in [0.29, 0.717) is 0 Å². The van der Waals surface area contributed by atoms with Crippen molar-refractivity contribution in [3.63, 3.8) is 0 Å². The number of rotatable bonds is 1. The number of hydrogen-bond donors (Lipinski definition) is 0. The van der Waals surface area contributed by atoms with Crippen LogP contribution < -0.4 is 0 Å². The molecule has 1 heteroatoms. The van der Waals surface area contributed by atoms with Gasteiger partial charge in [0.25, 0.3) is 0 Å². The molecule has 0 aliphatic heterocycles. The summed E-state index contributed by atoms with van der Waals surface area (Å²) in [6.45, 7) is 5.13. The monoisotopic (exact) mass is 236 g/mol. The van der Waals surface area contributed by atoms with Gasteiger partial charge in [-0.3, -0.25) is 0 Å². The van der Waals surface area contributed by atoms with Gasteiger partial charge in [-0.25, -0.2) is 0 Å². The van der Waals surface area contributed by atoms with Crippen LogP contribution in [0.3, 0.4) is 0 Å². The lowest BCUT2D eigenvalue weighted by molar-refractivity contribution is 0.0727. The molecule has 0 aromatic carbocycles. The molecular formula is C15H28Si. The molecule has 3 fully saturated rings. The lowest BCUT2D eigenvalue weighted by atomic mass is 9.62. The van der Waals surface area contributed by atoms with E-state index in [4.69, 9.17) is 0 Å². The molecule has 3 aliphatic carbocycles. The first-order chi connectivity index (χ1) is 7.81. The standard InChI is InChI=1S/C15H28Si/c1-10-9-14-12-6-4-3-5-11(12)7-8-13(14)15(10)16-2/h10-15H,3-9,16H2,1-2H3. The van der Waals surface area contributed by atoms with Gasteiger partial charge in [-0.1, -0.05) is 32.7 Å². The molecule has 0 bridgehead atoms. The minimum absolute atomic E-state index is 0.242. The van der Waals surface area contributed by atoms with Crippen molar-refractivity contribution in [1.82, 2.24) is 0 Å². The van der Waals surface area contributed by atoms with Gasteiger partial charge in [0.1, 0.15) is 0 Å². The third kappa shape index (κ3) is 1.70. The highest BCUT2D eigenvalue weighted by Gasteiger charge is 2.48. The first-order valence-electron chi connectivity index (χ1n) is 7.81. The van der Waals surface area contributed by atoms with E-state index in [1.807, 2.05) is 0 Å². The molecule has 0 aromatic rings. The van der Waals surface area contributed by atoms with Gasteiger partial charge in [-0.2, -0.15) is 0 Å². The summed E-state index contributed by atoms with van der Waals surface area (Å²) in [5.41, 5.74) is 1.22. The van der Waals surface area contributed by atoms with E-state index < -0.39 is 0 Å². The van der Waals surface area contributed by atoms with Crippen LogP contribution in [0.1, 0.15) is 51.9 Å². The van der Waals surface area contributed by atoms with E-state index in [2.05, 4.69) is 13.5 Å². The fourth-order valence-electron chi connectivity index (χ4n) is 5.71. The second-order valence-corrected chi connectivity index (χ2v) is 8.66. The van der Waals surface area contributed by atoms with Crippen molar-refractivity contribution >= 4 is 9.52 Å². The average molecular weight is 236 g/mol. The molecule has 0 spiro atoms. The Morgan fingerprint density at radius 3 is 2.50 bits per heavy atom. The lowest BCUT2D eigenvalue weighted by Crippen LogP contribution is -2.35. The van der Waals surface area contributed by atoms with Crippen LogP contribution in [0.2, 0.25) is 12.1 Å². The van der Waals surface area contributed by atoms with Crippen molar-refractivity contribution in [3.8, 4) is 0 Å². The molecule has 16 heavy (non-hydrogen) atoms. The SMILES string of the molecule is C[SiH2]C1C(C)CC2C3CCCCC3CCC21. The molecule has 0 amide bonds. The minimum atomic E-state index is 0.242. The Balaban J connectivity index is 1.78. The number of fused-ring (bicyclic) bond motifs is 3. The molecule has 3 rings (SSSR count). The Morgan fingerprint density at radius 1 is 0.875 bits per heavy atom. The van der Waals surface area contributed by atoms with Crippen LogP contribution in [0.4, 0.5) is 0 Å². The Kier molecular flexibility index (Phi) is 3.16. The number of hydrogen-bond acceptors (Lipinski definition) is 0. The molecule has 6 unspecified atom stereocenters. The van der Waals surface area contributed by atoms with Crippen molar-refractivity contribution in [3.05, 3.63) is 0 Å². The van der Waals surface area contributed by atoms with Gasteiger partial charge in [0.15, 0.2) is 0 Å². The summed E-state index contributed by atoms with van der Waals surface area (Å²) < 4.78 is 0. The molecule has 92 valence electrons. The van der Waals surface area contributed by atoms with E-state index in [0.717, 1.165) is 11.8 Å². The normalized spacial score (nSPS) is 52.9. The van der Waals surface area contributed by atoms with Gasteiger partial charge in [0.05, 0.1) is 0 Å². The molecule has 0 saturated heterocycles. The predicted molar refractivity (Wildman–Crippen MR) is 73.6 cm³/mol. The summed E-state index contributed by atoms with van der Waals surface area (Å²) in [5, 5.41) is 0. The minimum Gasteiger partial charge on any atom is -0.0746 e. The Morgan fingerprint density at radius 2 is 1.69 bits per heavy atom. The van der Waals surface area contributed by atoms with Crippen molar-refractivity contribution in [2.24, 2.45) is 29.6 Å². The highest BCUT2D eigenvalue weighted by atomic mass is 28.2. The van der Waals surface area contributed by atoms with Crippen molar-refractivity contribution in [2.45, 2.75) is 64.0 Å². The molecule has 0 nitrogen and oxygen atoms in total. The maximum Gasteiger partial charge on any atom is 0.0208 e. The highest BCUT2D eigenvalue weighted by molar-refractivity contribution is 6.36. The first-order valence-corrected chi connectivity index (χ1v) is 10.0. The Hall–Kier alpha value is 0.217. The largest absolute Gasteiger partial charge is 0.0746 e. The molecule has 0 aromatic heterocycles. The van der Waals surface area contributed by atoms with E-state index in [9.17, 15) is 0 Å². The molecule has 3 saturated carbocycles. The van der Waals surface area contributed by atoms with Gasteiger partial charge in [0, 0.05) is 9.52 Å². The smallest absolute Gasteiger partial charge is 0.0208 e. The van der Waals surface area contributed by atoms with Gasteiger partial charge in [0.2, 0.25) is 0 Å². The zero-order valence-corrected chi connectivity index (χ0v) is 12.5. The summed E-state index contributed by atoms with van der Waals surface area (Å²) >= 11 is 0. The van der Waals surface area contributed by atoms with Gasteiger partial charge in [-0.15, -0.1) is 0 Å². The summed E-state index contributed by atoms with van der Waals surface area (Å²) in [7, 11) is 0.242. The maximum atomic E-state index is 2.57. The van der Waals surface area contributed by atoms with Crippen LogP contribution in [0.25, 0.3) is 0 Å². The predicted octanol–water partition coefficient (Wildman–Crippen LogP) is 3.86. The highest BCUT2D eigenvalue weighted by Crippen LogP contribution is 2.58. The summed E-state index contributed by atoms with van der Waals surface area (Å²) in [4.78, 5) is 0. The van der Waals surface area contributed by atoms with E-state index in [1.165, 1.54) is 23.3 Å². The second kappa shape index (κ2) is 4.47. The summed E-state index contributed by atoms with van der Waals surface area (Å²) in [6, 6.07) is 0. The van der Waals surface area contributed by atoms with Crippen LogP contribution >= 0.6 is 0 Å². The first kappa shape index (κ1) is 11.3. The van der Waals surface area contributed by atoms with E-state index in [1.54, 1.807) is 44.9 Å². The van der Waals surface area contributed by atoms with Crippen LogP contribution in [0, 0.1) is 29.6 Å². The Bertz CT molecular complexity index is 248. The fourth-order valence-corrected chi connectivity index (χ4v) is 7.90. The molecule has 0 N–H and O–H groups in total. The molecule has 6 atom stereocenters. The quantitative estimate of drug-likeness (QED) is 0.606. The van der Waals surface area contributed by atoms with Crippen molar-refractivity contribution in [2.75, 3.05) is 0 Å². The van der Waals surface area contributed by atoms with Crippen molar-refractivity contribution < 1.29 is 0 Å². The summed E-state index contributed by atoms with van der Waals surface area (Å²) in [6.07, 6.45) is 11.1. The van der Waals surface area contributed by atoms with Crippen LogP contribution in [0.5, 0.6) is 0 Å². The topological polar surface area (TPSA) is 0 Å². The molecule has 3 aliphatic rings. The molecule has 0 radical (unpaired) electrons. The van der Waals surface area contributed by atoms with Gasteiger partial charge < -0.3 is 0 Å². The zero-order valence-electron chi connectivity index (χ0n) is 11.1. The van der Waals surface area contributed by atoms with E-state index >= 15 is 0 Å². The average Bonchev–Trinajstić information content (AvgIpc) is 2.65. The zero-order chi connectivity index (χ0) is 11.1. The van der Waals surface area contributed by atoms with Crippen LogP contribution in [-0.2, 0) is 0 Å². The molecular weight excluding hydrogens is 208 g/mol. The van der Waals surface area contributed by atoms with Crippen LogP contribution in [-0.4, -0.2) is 9.52 Å². The van der Waals surface area contributed by atoms with Crippen LogP contribution in [0.15, 0.2) is 0 Å². The molecule has 0 heterocycles. The van der Waals surface area contributed by atoms with Crippen molar-refractivity contribution in [1.29, 1.82) is 0 Å². The van der Waals surface area contributed by atoms with E-state index in [-0.39, 0.29) is 9.52 Å². The third-order valence-corrected chi connectivity index (χ3v) is 8.69. The third-order valence-electron chi connectivity index (χ3n) is 6.33. The summed E-state index contributed by atoms with van der Waals surface area (Å²) in [5.74, 6) is 5.77. The van der Waals surface area contributed by atoms with Gasteiger partial charge >= 0.3 is 0 Å². The second-order valence-electron chi connectivity index (χ2n) is 6.90. The Labute approximate surface area is 103 Å². The fraction of sp³-hybridized carbons (Fsp3) is 1.00.